The standard InChI is InChI=1S/C19H22FNO2/c1-14(16-5-3-2-4-6-16)7-10-19(23)21-12-15-8-9-18(20)17(11-15)13-22/h2-6,8-9,11,14,22H,7,10,12-13H2,1H3,(H,21,23). The zero-order chi connectivity index (χ0) is 16.7. The lowest BCUT2D eigenvalue weighted by Crippen LogP contribution is -2.23. The van der Waals surface area contributed by atoms with Crippen LogP contribution < -0.4 is 5.32 Å². The summed E-state index contributed by atoms with van der Waals surface area (Å²) in [5.74, 6) is -0.129. The van der Waals surface area contributed by atoms with Crippen LogP contribution in [0.4, 0.5) is 4.39 Å². The Morgan fingerprint density at radius 2 is 1.96 bits per heavy atom. The van der Waals surface area contributed by atoms with Crippen molar-refractivity contribution in [1.29, 1.82) is 0 Å². The minimum absolute atomic E-state index is 0.0253. The fourth-order valence-electron chi connectivity index (χ4n) is 2.44. The molecule has 2 N–H and O–H groups in total. The summed E-state index contributed by atoms with van der Waals surface area (Å²) in [6.07, 6.45) is 1.23. The molecule has 0 heterocycles. The van der Waals surface area contributed by atoms with E-state index in [-0.39, 0.29) is 18.1 Å². The number of aliphatic hydroxyl groups excluding tert-OH is 1. The van der Waals surface area contributed by atoms with Crippen molar-refractivity contribution in [3.05, 3.63) is 71.0 Å². The van der Waals surface area contributed by atoms with Crippen molar-refractivity contribution < 1.29 is 14.3 Å². The quantitative estimate of drug-likeness (QED) is 0.821. The van der Waals surface area contributed by atoms with Crippen molar-refractivity contribution in [1.82, 2.24) is 5.32 Å². The molecule has 0 spiro atoms. The summed E-state index contributed by atoms with van der Waals surface area (Å²) in [4.78, 5) is 11.9. The van der Waals surface area contributed by atoms with Gasteiger partial charge in [-0.05, 0) is 35.6 Å². The first-order chi connectivity index (χ1) is 11.1. The molecular formula is C19H22FNO2. The lowest BCUT2D eigenvalue weighted by molar-refractivity contribution is -0.121. The number of aliphatic hydroxyl groups is 1. The molecule has 0 fully saturated rings. The fraction of sp³-hybridized carbons (Fsp3) is 0.316. The van der Waals surface area contributed by atoms with Gasteiger partial charge in [-0.15, -0.1) is 0 Å². The van der Waals surface area contributed by atoms with Gasteiger partial charge in [0.15, 0.2) is 0 Å². The van der Waals surface area contributed by atoms with E-state index in [1.165, 1.54) is 11.6 Å². The highest BCUT2D eigenvalue weighted by molar-refractivity contribution is 5.75. The SMILES string of the molecule is CC(CCC(=O)NCc1ccc(F)c(CO)c1)c1ccccc1. The third kappa shape index (κ3) is 5.18. The largest absolute Gasteiger partial charge is 0.392 e. The zero-order valence-electron chi connectivity index (χ0n) is 13.3. The Labute approximate surface area is 136 Å². The molecule has 0 aromatic heterocycles. The van der Waals surface area contributed by atoms with E-state index in [2.05, 4.69) is 24.4 Å². The molecule has 4 heteroatoms. The Bertz CT molecular complexity index is 643. The molecule has 0 aliphatic rings. The van der Waals surface area contributed by atoms with Gasteiger partial charge in [-0.3, -0.25) is 4.79 Å². The average molecular weight is 315 g/mol. The highest BCUT2D eigenvalue weighted by Gasteiger charge is 2.09. The van der Waals surface area contributed by atoms with Crippen molar-refractivity contribution in [2.24, 2.45) is 0 Å². The minimum Gasteiger partial charge on any atom is -0.392 e. The summed E-state index contributed by atoms with van der Waals surface area (Å²) in [5, 5.41) is 11.9. The van der Waals surface area contributed by atoms with Gasteiger partial charge in [0, 0.05) is 18.5 Å². The van der Waals surface area contributed by atoms with Gasteiger partial charge in [-0.1, -0.05) is 43.3 Å². The first-order valence-electron chi connectivity index (χ1n) is 7.80. The van der Waals surface area contributed by atoms with Crippen molar-refractivity contribution in [3.63, 3.8) is 0 Å². The summed E-state index contributed by atoms with van der Waals surface area (Å²) in [6.45, 7) is 2.10. The maximum absolute atomic E-state index is 13.3. The molecule has 0 saturated heterocycles. The summed E-state index contributed by atoms with van der Waals surface area (Å²) >= 11 is 0. The highest BCUT2D eigenvalue weighted by atomic mass is 19.1. The summed E-state index contributed by atoms with van der Waals surface area (Å²) in [6, 6.07) is 14.6. The topological polar surface area (TPSA) is 49.3 Å². The van der Waals surface area contributed by atoms with Crippen LogP contribution in [0.2, 0.25) is 0 Å². The molecule has 0 saturated carbocycles. The first kappa shape index (κ1) is 17.2. The van der Waals surface area contributed by atoms with Gasteiger partial charge in [0.25, 0.3) is 0 Å². The third-order valence-electron chi connectivity index (χ3n) is 3.94. The smallest absolute Gasteiger partial charge is 0.220 e. The van der Waals surface area contributed by atoms with Gasteiger partial charge in [-0.25, -0.2) is 4.39 Å². The van der Waals surface area contributed by atoms with E-state index in [0.717, 1.165) is 12.0 Å². The van der Waals surface area contributed by atoms with E-state index in [1.807, 2.05) is 18.2 Å². The van der Waals surface area contributed by atoms with Crippen LogP contribution in [-0.4, -0.2) is 11.0 Å². The number of halogens is 1. The molecule has 3 nitrogen and oxygen atoms in total. The number of rotatable bonds is 7. The summed E-state index contributed by atoms with van der Waals surface area (Å²) in [5.41, 5.74) is 2.25. The normalized spacial score (nSPS) is 12.0. The predicted molar refractivity (Wildman–Crippen MR) is 88.3 cm³/mol. The summed E-state index contributed by atoms with van der Waals surface area (Å²) in [7, 11) is 0. The maximum atomic E-state index is 13.3. The van der Waals surface area contributed by atoms with Crippen molar-refractivity contribution in [2.75, 3.05) is 0 Å². The van der Waals surface area contributed by atoms with Gasteiger partial charge in [0.05, 0.1) is 6.61 Å². The molecule has 0 aliphatic carbocycles. The van der Waals surface area contributed by atoms with E-state index < -0.39 is 5.82 Å². The predicted octanol–water partition coefficient (Wildman–Crippen LogP) is 3.52. The number of hydrogen-bond donors (Lipinski definition) is 2. The van der Waals surface area contributed by atoms with Gasteiger partial charge in [-0.2, -0.15) is 0 Å². The fourth-order valence-corrected chi connectivity index (χ4v) is 2.44. The van der Waals surface area contributed by atoms with Crippen molar-refractivity contribution >= 4 is 5.91 Å². The molecule has 0 aliphatic heterocycles. The molecule has 122 valence electrons. The second kappa shape index (κ2) is 8.44. The summed E-state index contributed by atoms with van der Waals surface area (Å²) < 4.78 is 13.3. The Morgan fingerprint density at radius 1 is 1.22 bits per heavy atom. The van der Waals surface area contributed by atoms with Gasteiger partial charge in [0.2, 0.25) is 5.91 Å². The Hall–Kier alpha value is -2.20. The molecule has 2 rings (SSSR count). The van der Waals surface area contributed by atoms with Crippen LogP contribution >= 0.6 is 0 Å². The number of carbonyl (C=O) groups excluding carboxylic acids is 1. The van der Waals surface area contributed by atoms with Gasteiger partial charge < -0.3 is 10.4 Å². The lowest BCUT2D eigenvalue weighted by atomic mass is 9.96. The van der Waals surface area contributed by atoms with Crippen LogP contribution in [0.3, 0.4) is 0 Å². The number of benzene rings is 2. The van der Waals surface area contributed by atoms with E-state index >= 15 is 0 Å². The molecule has 1 atom stereocenters. The second-order valence-corrected chi connectivity index (χ2v) is 5.71. The molecule has 0 radical (unpaired) electrons. The number of hydrogen-bond acceptors (Lipinski definition) is 2. The van der Waals surface area contributed by atoms with Crippen LogP contribution in [0, 0.1) is 5.82 Å². The Balaban J connectivity index is 1.79. The Morgan fingerprint density at radius 3 is 2.65 bits per heavy atom. The number of amides is 1. The average Bonchev–Trinajstić information content (AvgIpc) is 2.59. The third-order valence-corrected chi connectivity index (χ3v) is 3.94. The molecule has 23 heavy (non-hydrogen) atoms. The molecule has 2 aromatic carbocycles. The van der Waals surface area contributed by atoms with Crippen LogP contribution in [-0.2, 0) is 17.9 Å². The van der Waals surface area contributed by atoms with E-state index in [4.69, 9.17) is 5.11 Å². The Kier molecular flexibility index (Phi) is 6.29. The highest BCUT2D eigenvalue weighted by Crippen LogP contribution is 2.20. The number of carbonyl (C=O) groups is 1. The molecule has 2 aromatic rings. The van der Waals surface area contributed by atoms with E-state index in [1.54, 1.807) is 12.1 Å². The van der Waals surface area contributed by atoms with Crippen molar-refractivity contribution in [2.45, 2.75) is 38.8 Å². The van der Waals surface area contributed by atoms with Gasteiger partial charge in [0.1, 0.15) is 5.82 Å². The van der Waals surface area contributed by atoms with Crippen molar-refractivity contribution in [3.8, 4) is 0 Å². The molecule has 1 unspecified atom stereocenters. The van der Waals surface area contributed by atoms with Crippen LogP contribution in [0.25, 0.3) is 0 Å². The van der Waals surface area contributed by atoms with E-state index in [9.17, 15) is 9.18 Å². The monoisotopic (exact) mass is 315 g/mol. The molecule has 1 amide bonds. The van der Waals surface area contributed by atoms with Gasteiger partial charge >= 0.3 is 0 Å². The molecular weight excluding hydrogens is 293 g/mol. The molecule has 0 bridgehead atoms. The first-order valence-corrected chi connectivity index (χ1v) is 7.80. The van der Waals surface area contributed by atoms with Crippen LogP contribution in [0.1, 0.15) is 42.4 Å². The number of nitrogens with one attached hydrogen (secondary N) is 1. The maximum Gasteiger partial charge on any atom is 0.220 e. The minimum atomic E-state index is -0.431. The van der Waals surface area contributed by atoms with Crippen LogP contribution in [0.15, 0.2) is 48.5 Å². The zero-order valence-corrected chi connectivity index (χ0v) is 13.3. The lowest BCUT2D eigenvalue weighted by Gasteiger charge is -2.12. The van der Waals surface area contributed by atoms with E-state index in [0.29, 0.717) is 18.9 Å². The second-order valence-electron chi connectivity index (χ2n) is 5.71. The van der Waals surface area contributed by atoms with Crippen LogP contribution in [0.5, 0.6) is 0 Å².